The molecule has 0 unspecified atom stereocenters. The molecule has 1 amide bonds. The zero-order valence-corrected chi connectivity index (χ0v) is 17.4. The number of ether oxygens (including phenoxy) is 2. The zero-order valence-electron chi connectivity index (χ0n) is 17.4. The summed E-state index contributed by atoms with van der Waals surface area (Å²) in [6.45, 7) is 11.6. The number of cyclic esters (lactones) is 1. The lowest BCUT2D eigenvalue weighted by molar-refractivity contribution is 0.0471. The number of likely N-dealkylation sites (N-methyl/N-ethyl adjacent to an activating group) is 1. The Hall–Kier alpha value is -1.87. The average molecular weight is 407 g/mol. The second-order valence-electron chi connectivity index (χ2n) is 7.63. The van der Waals surface area contributed by atoms with Crippen molar-refractivity contribution >= 4 is 6.09 Å². The molecule has 0 aliphatic carbocycles. The molecule has 1 aromatic rings. The van der Waals surface area contributed by atoms with Crippen LogP contribution in [0.4, 0.5) is 4.79 Å². The molecule has 0 aromatic heterocycles. The Kier molecular flexibility index (Phi) is 8.54. The van der Waals surface area contributed by atoms with Gasteiger partial charge in [0.1, 0.15) is 25.1 Å². The van der Waals surface area contributed by atoms with Crippen molar-refractivity contribution in [1.29, 1.82) is 0 Å². The number of β-amino-alcohol motifs (C(OH)–C–C–N with tert-alkyl or cyclic N) is 1. The molecule has 0 spiro atoms. The number of hydrogen-bond donors (Lipinski definition) is 2. The fourth-order valence-electron chi connectivity index (χ4n) is 3.65. The molecule has 2 heterocycles. The molecule has 1 aromatic carbocycles. The number of aliphatic hydroxyl groups excluding tert-OH is 1. The zero-order chi connectivity index (χ0) is 20.5. The number of rotatable bonds is 11. The van der Waals surface area contributed by atoms with Gasteiger partial charge in [-0.25, -0.2) is 4.79 Å². The van der Waals surface area contributed by atoms with Crippen LogP contribution in [0, 0.1) is 0 Å². The van der Waals surface area contributed by atoms with E-state index >= 15 is 0 Å². The highest BCUT2D eigenvalue weighted by molar-refractivity contribution is 5.69. The van der Waals surface area contributed by atoms with Crippen molar-refractivity contribution in [1.82, 2.24) is 20.0 Å². The Balaban J connectivity index is 1.33. The molecule has 8 heteroatoms. The molecule has 8 nitrogen and oxygen atoms in total. The van der Waals surface area contributed by atoms with Gasteiger partial charge in [-0.15, -0.1) is 0 Å². The second-order valence-corrected chi connectivity index (χ2v) is 7.63. The third-order valence-corrected chi connectivity index (χ3v) is 5.45. The van der Waals surface area contributed by atoms with Gasteiger partial charge in [0.25, 0.3) is 0 Å². The smallest absolute Gasteiger partial charge is 0.409 e. The van der Waals surface area contributed by atoms with Crippen LogP contribution in [0.3, 0.4) is 0 Å². The van der Waals surface area contributed by atoms with Gasteiger partial charge in [-0.2, -0.15) is 0 Å². The van der Waals surface area contributed by atoms with Crippen LogP contribution < -0.4 is 10.1 Å². The summed E-state index contributed by atoms with van der Waals surface area (Å²) < 4.78 is 10.7. The number of nitrogens with one attached hydrogen (secondary N) is 1. The van der Waals surface area contributed by atoms with Gasteiger partial charge in [-0.3, -0.25) is 4.90 Å². The molecule has 3 rings (SSSR count). The lowest BCUT2D eigenvalue weighted by Gasteiger charge is -2.34. The van der Waals surface area contributed by atoms with Crippen LogP contribution in [-0.4, -0.2) is 104 Å². The highest BCUT2D eigenvalue weighted by atomic mass is 16.6. The maximum absolute atomic E-state index is 11.4. The number of hydrogen-bond acceptors (Lipinski definition) is 7. The van der Waals surface area contributed by atoms with Crippen molar-refractivity contribution < 1.29 is 19.4 Å². The van der Waals surface area contributed by atoms with E-state index in [2.05, 4.69) is 22.0 Å². The predicted molar refractivity (Wildman–Crippen MR) is 111 cm³/mol. The largest absolute Gasteiger partial charge is 0.491 e. The molecule has 29 heavy (non-hydrogen) atoms. The molecule has 2 N–H and O–H groups in total. The van der Waals surface area contributed by atoms with E-state index in [4.69, 9.17) is 9.47 Å². The first-order valence-electron chi connectivity index (χ1n) is 10.6. The summed E-state index contributed by atoms with van der Waals surface area (Å²) in [5.74, 6) is 0.766. The van der Waals surface area contributed by atoms with Crippen LogP contribution in [0.5, 0.6) is 5.75 Å². The summed E-state index contributed by atoms with van der Waals surface area (Å²) in [7, 11) is 0. The first-order chi connectivity index (χ1) is 14.1. The van der Waals surface area contributed by atoms with E-state index in [0.29, 0.717) is 45.9 Å². The number of carbonyl (C=O) groups excluding carboxylic acids is 1. The van der Waals surface area contributed by atoms with Crippen LogP contribution in [-0.2, 0) is 11.3 Å². The van der Waals surface area contributed by atoms with Crippen molar-refractivity contribution in [3.8, 4) is 5.75 Å². The topological polar surface area (TPSA) is 77.5 Å². The molecule has 0 radical (unpaired) electrons. The van der Waals surface area contributed by atoms with Gasteiger partial charge in [-0.05, 0) is 24.2 Å². The third-order valence-electron chi connectivity index (χ3n) is 5.45. The molecule has 1 atom stereocenters. The number of piperazine rings is 1. The van der Waals surface area contributed by atoms with Gasteiger partial charge in [0.15, 0.2) is 0 Å². The minimum absolute atomic E-state index is 0.229. The Morgan fingerprint density at radius 3 is 2.72 bits per heavy atom. The van der Waals surface area contributed by atoms with E-state index in [1.165, 1.54) is 0 Å². The Bertz CT molecular complexity index is 637. The van der Waals surface area contributed by atoms with Crippen LogP contribution in [0.2, 0.25) is 0 Å². The summed E-state index contributed by atoms with van der Waals surface area (Å²) in [5, 5.41) is 13.7. The third kappa shape index (κ3) is 7.15. The van der Waals surface area contributed by atoms with Gasteiger partial charge in [0.05, 0.1) is 6.54 Å². The first kappa shape index (κ1) is 21.8. The van der Waals surface area contributed by atoms with Gasteiger partial charge < -0.3 is 29.7 Å². The minimum atomic E-state index is -0.495. The highest BCUT2D eigenvalue weighted by Gasteiger charge is 2.21. The summed E-state index contributed by atoms with van der Waals surface area (Å²) in [6, 6.07) is 7.90. The lowest BCUT2D eigenvalue weighted by Crippen LogP contribution is -2.49. The monoisotopic (exact) mass is 406 g/mol. The van der Waals surface area contributed by atoms with Crippen molar-refractivity contribution in [2.45, 2.75) is 19.6 Å². The first-order valence-corrected chi connectivity index (χ1v) is 10.6. The van der Waals surface area contributed by atoms with Crippen LogP contribution >= 0.6 is 0 Å². The number of carbonyl (C=O) groups is 1. The Morgan fingerprint density at radius 1 is 1.21 bits per heavy atom. The van der Waals surface area contributed by atoms with E-state index < -0.39 is 6.10 Å². The van der Waals surface area contributed by atoms with Crippen LogP contribution in [0.15, 0.2) is 24.3 Å². The fraction of sp³-hybridized carbons (Fsp3) is 0.667. The van der Waals surface area contributed by atoms with Gasteiger partial charge in [-0.1, -0.05) is 19.1 Å². The van der Waals surface area contributed by atoms with Gasteiger partial charge in [0, 0.05) is 52.4 Å². The molecular formula is C21H34N4O4. The predicted octanol–water partition coefficient (Wildman–Crippen LogP) is 0.606. The van der Waals surface area contributed by atoms with E-state index in [1.54, 1.807) is 4.90 Å². The summed E-state index contributed by atoms with van der Waals surface area (Å²) in [4.78, 5) is 17.8. The number of aliphatic hydroxyl groups is 1. The summed E-state index contributed by atoms with van der Waals surface area (Å²) in [6.07, 6.45) is -0.724. The highest BCUT2D eigenvalue weighted by Crippen LogP contribution is 2.14. The van der Waals surface area contributed by atoms with Crippen LogP contribution in [0.25, 0.3) is 0 Å². The molecule has 0 saturated carbocycles. The molecule has 2 aliphatic rings. The van der Waals surface area contributed by atoms with Crippen molar-refractivity contribution in [3.63, 3.8) is 0 Å². The minimum Gasteiger partial charge on any atom is -0.491 e. The average Bonchev–Trinajstić information content (AvgIpc) is 3.15. The van der Waals surface area contributed by atoms with Crippen molar-refractivity contribution in [2.24, 2.45) is 0 Å². The fourth-order valence-corrected chi connectivity index (χ4v) is 3.65. The van der Waals surface area contributed by atoms with Gasteiger partial charge >= 0.3 is 6.09 Å². The lowest BCUT2D eigenvalue weighted by atomic mass is 10.2. The van der Waals surface area contributed by atoms with E-state index in [1.807, 2.05) is 24.3 Å². The van der Waals surface area contributed by atoms with E-state index in [-0.39, 0.29) is 6.09 Å². The molecule has 0 bridgehead atoms. The number of amides is 1. The Labute approximate surface area is 173 Å². The molecule has 162 valence electrons. The van der Waals surface area contributed by atoms with Crippen LogP contribution in [0.1, 0.15) is 12.5 Å². The van der Waals surface area contributed by atoms with Gasteiger partial charge in [0.2, 0.25) is 0 Å². The van der Waals surface area contributed by atoms with E-state index in [0.717, 1.165) is 44.0 Å². The molecule has 2 aliphatic heterocycles. The maximum atomic E-state index is 11.4. The maximum Gasteiger partial charge on any atom is 0.409 e. The normalized spacial score (nSPS) is 19.4. The standard InChI is InChI=1S/C21H34N4O4/c1-2-23-8-10-24(11-9-23)16-19(26)17-29-20-5-3-4-18(14-20)15-22-6-7-25-12-13-28-21(25)27/h3-5,14,19,22,26H,2,6-13,15-17H2,1H3/t19-/m0/s1. The van der Waals surface area contributed by atoms with Crippen molar-refractivity contribution in [2.75, 3.05) is 72.1 Å². The SMILES string of the molecule is CCN1CCN(C[C@H](O)COc2cccc(CNCCN3CCOC3=O)c2)CC1. The summed E-state index contributed by atoms with van der Waals surface area (Å²) in [5.41, 5.74) is 1.11. The molecular weight excluding hydrogens is 372 g/mol. The Morgan fingerprint density at radius 2 is 2.00 bits per heavy atom. The number of benzene rings is 1. The summed E-state index contributed by atoms with van der Waals surface area (Å²) >= 11 is 0. The van der Waals surface area contributed by atoms with Crippen molar-refractivity contribution in [3.05, 3.63) is 29.8 Å². The quantitative estimate of drug-likeness (QED) is 0.521. The molecule has 2 fully saturated rings. The second kappa shape index (κ2) is 11.3. The van der Waals surface area contributed by atoms with E-state index in [9.17, 15) is 9.90 Å². The molecule has 2 saturated heterocycles. The number of nitrogens with zero attached hydrogens (tertiary/aromatic N) is 3.